The van der Waals surface area contributed by atoms with Gasteiger partial charge in [-0.3, -0.25) is 4.79 Å². The number of carbonyl (C=O) groups is 1. The Kier molecular flexibility index (Phi) is 6.14. The van der Waals surface area contributed by atoms with Crippen molar-refractivity contribution in [3.05, 3.63) is 29.8 Å². The lowest BCUT2D eigenvalue weighted by Gasteiger charge is -2.05. The van der Waals surface area contributed by atoms with Crippen molar-refractivity contribution in [3.63, 3.8) is 0 Å². The zero-order valence-corrected chi connectivity index (χ0v) is 13.7. The molecule has 0 bridgehead atoms. The number of hydrogen-bond acceptors (Lipinski definition) is 7. The Hall–Kier alpha value is -1.90. The minimum absolute atomic E-state index is 0.0445. The molecule has 3 N–H and O–H groups in total. The average Bonchev–Trinajstić information content (AvgIpc) is 2.85. The van der Waals surface area contributed by atoms with Gasteiger partial charge in [-0.15, -0.1) is 5.10 Å². The van der Waals surface area contributed by atoms with Gasteiger partial charge in [0.15, 0.2) is 11.5 Å². The van der Waals surface area contributed by atoms with Crippen LogP contribution in [0.2, 0.25) is 0 Å². The van der Waals surface area contributed by atoms with E-state index in [1.165, 1.54) is 0 Å². The van der Waals surface area contributed by atoms with E-state index < -0.39 is 11.5 Å². The van der Waals surface area contributed by atoms with E-state index in [-0.39, 0.29) is 12.3 Å². The first-order valence-corrected chi connectivity index (χ1v) is 8.06. The molecule has 7 nitrogen and oxygen atoms in total. The minimum atomic E-state index is -1.52. The second kappa shape index (κ2) is 8.09. The lowest BCUT2D eigenvalue weighted by molar-refractivity contribution is -0.121. The van der Waals surface area contributed by atoms with Gasteiger partial charge in [0.05, 0.1) is 17.6 Å². The fraction of sp³-hybridized carbons (Fsp3) is 0.400. The average molecular weight is 337 g/mol. The van der Waals surface area contributed by atoms with Crippen molar-refractivity contribution in [3.8, 4) is 5.75 Å². The summed E-state index contributed by atoms with van der Waals surface area (Å²) < 4.78 is 5.38. The van der Waals surface area contributed by atoms with Crippen molar-refractivity contribution < 1.29 is 19.7 Å². The van der Waals surface area contributed by atoms with E-state index in [0.717, 1.165) is 23.1 Å². The topological polar surface area (TPSA) is 104 Å². The molecule has 2 rings (SSSR count). The number of amidine groups is 1. The van der Waals surface area contributed by atoms with Gasteiger partial charge < -0.3 is 20.3 Å². The van der Waals surface area contributed by atoms with E-state index in [1.807, 2.05) is 38.1 Å². The Morgan fingerprint density at radius 3 is 2.70 bits per heavy atom. The van der Waals surface area contributed by atoms with Crippen LogP contribution in [-0.2, 0) is 4.79 Å². The number of amides is 1. The van der Waals surface area contributed by atoms with Crippen LogP contribution in [0.15, 0.2) is 34.5 Å². The number of rotatable bonds is 6. The van der Waals surface area contributed by atoms with Crippen LogP contribution in [0.1, 0.15) is 25.8 Å². The van der Waals surface area contributed by atoms with Crippen LogP contribution in [-0.4, -0.2) is 45.1 Å². The number of aliphatic hydroxyl groups is 2. The van der Waals surface area contributed by atoms with Crippen molar-refractivity contribution in [2.75, 3.05) is 6.61 Å². The van der Waals surface area contributed by atoms with Crippen LogP contribution in [0.25, 0.3) is 0 Å². The van der Waals surface area contributed by atoms with Crippen molar-refractivity contribution in [1.82, 2.24) is 5.32 Å². The van der Waals surface area contributed by atoms with Crippen LogP contribution >= 0.6 is 11.8 Å². The van der Waals surface area contributed by atoms with Crippen molar-refractivity contribution >= 4 is 28.5 Å². The molecule has 1 aromatic rings. The Balaban J connectivity index is 2.02. The lowest BCUT2D eigenvalue weighted by atomic mass is 10.1. The zero-order chi connectivity index (χ0) is 16.8. The van der Waals surface area contributed by atoms with Crippen LogP contribution in [0.3, 0.4) is 0 Å². The van der Waals surface area contributed by atoms with E-state index in [9.17, 15) is 4.79 Å². The van der Waals surface area contributed by atoms with E-state index in [1.54, 1.807) is 0 Å². The third kappa shape index (κ3) is 5.05. The van der Waals surface area contributed by atoms with Gasteiger partial charge in [0.25, 0.3) is 0 Å². The highest BCUT2D eigenvalue weighted by Crippen LogP contribution is 2.23. The smallest absolute Gasteiger partial charge is 0.239 e. The van der Waals surface area contributed by atoms with Gasteiger partial charge in [0, 0.05) is 6.42 Å². The third-order valence-corrected chi connectivity index (χ3v) is 4.17. The predicted octanol–water partition coefficient (Wildman–Crippen LogP) is 1.10. The number of nitrogens with one attached hydrogen (secondary N) is 1. The molecule has 23 heavy (non-hydrogen) atoms. The molecule has 0 radical (unpaired) electrons. The number of benzene rings is 1. The van der Waals surface area contributed by atoms with Gasteiger partial charge >= 0.3 is 0 Å². The van der Waals surface area contributed by atoms with Gasteiger partial charge in [-0.2, -0.15) is 5.10 Å². The zero-order valence-electron chi connectivity index (χ0n) is 12.9. The number of aliphatic hydroxyl groups excluding tert-OH is 1. The normalized spacial score (nSPS) is 20.2. The molecule has 124 valence electrons. The van der Waals surface area contributed by atoms with Crippen molar-refractivity contribution in [1.29, 1.82) is 0 Å². The summed E-state index contributed by atoms with van der Waals surface area (Å²) in [7, 11) is 0. The number of thioether (sulfide) groups is 1. The maximum Gasteiger partial charge on any atom is 0.239 e. The van der Waals surface area contributed by atoms with Crippen LogP contribution in [0.4, 0.5) is 0 Å². The standard InChI is InChI=1S/C15H19N3O4S/c1-3-22-11-6-4-10(5-7-11)9(2)17-18-15-16-14(21)12(23-15)8-13(19)20/h4-7,12-13,19-20H,3,8H2,1-2H3,(H,16,18,21)/b17-9+. The molecule has 0 aliphatic carbocycles. The predicted molar refractivity (Wildman–Crippen MR) is 89.6 cm³/mol. The molecular formula is C15H19N3O4S. The van der Waals surface area contributed by atoms with Gasteiger partial charge in [-0.1, -0.05) is 11.8 Å². The first-order chi connectivity index (χ1) is 11.0. The fourth-order valence-electron chi connectivity index (χ4n) is 1.94. The van der Waals surface area contributed by atoms with Crippen LogP contribution < -0.4 is 10.1 Å². The molecule has 1 unspecified atom stereocenters. The van der Waals surface area contributed by atoms with E-state index >= 15 is 0 Å². The Morgan fingerprint density at radius 1 is 1.39 bits per heavy atom. The molecular weight excluding hydrogens is 318 g/mol. The summed E-state index contributed by atoms with van der Waals surface area (Å²) >= 11 is 1.14. The summed E-state index contributed by atoms with van der Waals surface area (Å²) in [6, 6.07) is 7.48. The Bertz CT molecular complexity index is 614. The Labute approximate surface area is 138 Å². The quantitative estimate of drug-likeness (QED) is 0.410. The molecule has 0 aromatic heterocycles. The SMILES string of the molecule is CCOc1ccc(/C(C)=N/N=C2/NC(=O)C(CC(O)O)S2)cc1. The number of ether oxygens (including phenoxy) is 1. The molecule has 0 spiro atoms. The van der Waals surface area contributed by atoms with E-state index in [0.29, 0.717) is 17.5 Å². The second-order valence-electron chi connectivity index (χ2n) is 4.86. The monoisotopic (exact) mass is 337 g/mol. The number of hydrogen-bond donors (Lipinski definition) is 3. The largest absolute Gasteiger partial charge is 0.494 e. The highest BCUT2D eigenvalue weighted by molar-refractivity contribution is 8.15. The summed E-state index contributed by atoms with van der Waals surface area (Å²) in [5.74, 6) is 0.496. The maximum atomic E-state index is 11.6. The fourth-order valence-corrected chi connectivity index (χ4v) is 2.89. The summed E-state index contributed by atoms with van der Waals surface area (Å²) in [6.07, 6.45) is -1.57. The molecule has 1 heterocycles. The maximum absolute atomic E-state index is 11.6. The summed E-state index contributed by atoms with van der Waals surface area (Å²) in [5.41, 5.74) is 1.59. The Morgan fingerprint density at radius 2 is 2.09 bits per heavy atom. The molecule has 1 atom stereocenters. The summed E-state index contributed by atoms with van der Waals surface area (Å²) in [6.45, 7) is 4.35. The molecule has 8 heteroatoms. The van der Waals surface area contributed by atoms with Crippen molar-refractivity contribution in [2.24, 2.45) is 10.2 Å². The van der Waals surface area contributed by atoms with Crippen LogP contribution in [0.5, 0.6) is 5.75 Å². The molecule has 1 fully saturated rings. The van der Waals surface area contributed by atoms with E-state index in [4.69, 9.17) is 14.9 Å². The first kappa shape index (κ1) is 17.5. The minimum Gasteiger partial charge on any atom is -0.494 e. The second-order valence-corrected chi connectivity index (χ2v) is 6.05. The van der Waals surface area contributed by atoms with Crippen LogP contribution in [0, 0.1) is 0 Å². The van der Waals surface area contributed by atoms with Gasteiger partial charge in [-0.25, -0.2) is 0 Å². The summed E-state index contributed by atoms with van der Waals surface area (Å²) in [4.78, 5) is 11.6. The van der Waals surface area contributed by atoms with E-state index in [2.05, 4.69) is 15.5 Å². The summed E-state index contributed by atoms with van der Waals surface area (Å²) in [5, 5.41) is 28.3. The molecule has 1 aromatic carbocycles. The first-order valence-electron chi connectivity index (χ1n) is 7.18. The third-order valence-electron chi connectivity index (χ3n) is 3.08. The van der Waals surface area contributed by atoms with Gasteiger partial charge in [0.1, 0.15) is 5.75 Å². The number of nitrogens with zero attached hydrogens (tertiary/aromatic N) is 2. The molecule has 1 saturated heterocycles. The molecule has 1 amide bonds. The highest BCUT2D eigenvalue weighted by atomic mass is 32.2. The van der Waals surface area contributed by atoms with Gasteiger partial charge in [-0.05, 0) is 43.7 Å². The molecule has 0 saturated carbocycles. The highest BCUT2D eigenvalue weighted by Gasteiger charge is 2.31. The van der Waals surface area contributed by atoms with Crippen molar-refractivity contribution in [2.45, 2.75) is 31.8 Å². The van der Waals surface area contributed by atoms with Gasteiger partial charge in [0.2, 0.25) is 5.91 Å². The lowest BCUT2D eigenvalue weighted by Crippen LogP contribution is -2.27. The molecule has 1 aliphatic heterocycles. The number of carbonyl (C=O) groups excluding carboxylic acids is 1. The molecule has 1 aliphatic rings.